The monoisotopic (exact) mass is 435 g/mol. The number of hydrogen-bond acceptors (Lipinski definition) is 4. The predicted octanol–water partition coefficient (Wildman–Crippen LogP) is 5.14. The molecule has 1 aromatic heterocycles. The molecule has 5 nitrogen and oxygen atoms in total. The lowest BCUT2D eigenvalue weighted by atomic mass is 10.0. The summed E-state index contributed by atoms with van der Waals surface area (Å²) in [6, 6.07) is 8.36. The van der Waals surface area contributed by atoms with Crippen molar-refractivity contribution < 1.29 is 31.5 Å². The van der Waals surface area contributed by atoms with E-state index in [2.05, 4.69) is 4.98 Å². The van der Waals surface area contributed by atoms with Gasteiger partial charge in [-0.3, -0.25) is 9.69 Å². The van der Waals surface area contributed by atoms with Crippen molar-refractivity contribution in [1.82, 2.24) is 4.98 Å². The molecule has 0 unspecified atom stereocenters. The first-order valence-corrected chi connectivity index (χ1v) is 8.95. The molecule has 10 heteroatoms. The van der Waals surface area contributed by atoms with Crippen LogP contribution < -0.4 is 14.5 Å². The van der Waals surface area contributed by atoms with E-state index in [-0.39, 0.29) is 23.6 Å². The van der Waals surface area contributed by atoms with Crippen LogP contribution in [0.2, 0.25) is 0 Å². The molecular weight excluding hydrogens is 421 g/mol. The number of nitrogens with zero attached hydrogens (tertiary/aromatic N) is 3. The Kier molecular flexibility index (Phi) is 5.00. The van der Waals surface area contributed by atoms with Crippen molar-refractivity contribution in [2.45, 2.75) is 6.18 Å². The lowest BCUT2D eigenvalue weighted by Gasteiger charge is -2.38. The Morgan fingerprint density at radius 2 is 1.74 bits per heavy atom. The van der Waals surface area contributed by atoms with Crippen molar-refractivity contribution in [3.63, 3.8) is 0 Å². The number of aromatic nitrogens is 1. The van der Waals surface area contributed by atoms with E-state index in [0.717, 1.165) is 30.3 Å². The van der Waals surface area contributed by atoms with Gasteiger partial charge in [-0.05, 0) is 36.4 Å². The minimum atomic E-state index is -4.66. The minimum absolute atomic E-state index is 0.0706. The number of ether oxygens (including phenoxy) is 1. The molecule has 0 atom stereocenters. The largest absolute Gasteiger partial charge is 0.481 e. The first-order valence-electron chi connectivity index (χ1n) is 8.95. The summed E-state index contributed by atoms with van der Waals surface area (Å²) in [5.41, 5.74) is -1.06. The van der Waals surface area contributed by atoms with Gasteiger partial charge in [0.2, 0.25) is 5.88 Å². The highest BCUT2D eigenvalue weighted by atomic mass is 19.4. The molecule has 4 rings (SSSR count). The van der Waals surface area contributed by atoms with E-state index in [0.29, 0.717) is 17.6 Å². The molecule has 2 aromatic carbocycles. The van der Waals surface area contributed by atoms with Crippen molar-refractivity contribution in [3.8, 4) is 5.88 Å². The average Bonchev–Trinajstić information content (AvgIpc) is 2.74. The van der Waals surface area contributed by atoms with Gasteiger partial charge in [-0.1, -0.05) is 0 Å². The molecule has 0 saturated heterocycles. The topological polar surface area (TPSA) is 45.7 Å². The molecule has 31 heavy (non-hydrogen) atoms. The van der Waals surface area contributed by atoms with Crippen LogP contribution in [0, 0.1) is 11.6 Å². The van der Waals surface area contributed by atoms with Gasteiger partial charge in [0, 0.05) is 12.1 Å². The van der Waals surface area contributed by atoms with Crippen LogP contribution in [-0.4, -0.2) is 24.7 Å². The van der Waals surface area contributed by atoms with Gasteiger partial charge in [0.05, 0.1) is 41.5 Å². The van der Waals surface area contributed by atoms with Crippen molar-refractivity contribution in [2.75, 3.05) is 23.6 Å². The summed E-state index contributed by atoms with van der Waals surface area (Å²) in [6.07, 6.45) is -3.31. The van der Waals surface area contributed by atoms with E-state index in [1.807, 2.05) is 0 Å². The second-order valence-electron chi connectivity index (χ2n) is 6.69. The third-order valence-electron chi connectivity index (χ3n) is 4.82. The molecule has 1 aliphatic rings. The van der Waals surface area contributed by atoms with Gasteiger partial charge in [-0.2, -0.15) is 13.2 Å². The molecule has 0 fully saturated rings. The third-order valence-corrected chi connectivity index (χ3v) is 4.82. The molecule has 0 aliphatic carbocycles. The molecule has 3 aromatic rings. The Morgan fingerprint density at radius 1 is 0.968 bits per heavy atom. The number of pyridine rings is 1. The smallest absolute Gasteiger partial charge is 0.416 e. The fourth-order valence-electron chi connectivity index (χ4n) is 3.30. The van der Waals surface area contributed by atoms with Gasteiger partial charge in [-0.25, -0.2) is 13.8 Å². The summed E-state index contributed by atoms with van der Waals surface area (Å²) in [7, 11) is 1.42. The number of methoxy groups -OCH3 is 1. The first kappa shape index (κ1) is 20.6. The molecule has 0 spiro atoms. The highest BCUT2D eigenvalue weighted by Crippen LogP contribution is 2.40. The van der Waals surface area contributed by atoms with Crippen LogP contribution in [0.3, 0.4) is 0 Å². The van der Waals surface area contributed by atoms with E-state index in [4.69, 9.17) is 4.74 Å². The van der Waals surface area contributed by atoms with Crippen LogP contribution in [0.4, 0.5) is 39.0 Å². The fraction of sp³-hybridized carbons (Fsp3) is 0.143. The van der Waals surface area contributed by atoms with Crippen LogP contribution in [0.5, 0.6) is 5.88 Å². The summed E-state index contributed by atoms with van der Waals surface area (Å²) in [5.74, 6) is -2.11. The van der Waals surface area contributed by atoms with Crippen LogP contribution in [0.15, 0.2) is 54.7 Å². The number of rotatable bonds is 3. The number of carbonyl (C=O) groups is 1. The number of carbonyl (C=O) groups excluding carboxylic acids is 1. The molecule has 0 saturated carbocycles. The molecule has 2 heterocycles. The molecule has 0 radical (unpaired) electrons. The zero-order chi connectivity index (χ0) is 22.3. The highest BCUT2D eigenvalue weighted by Gasteiger charge is 2.37. The van der Waals surface area contributed by atoms with E-state index < -0.39 is 29.3 Å². The van der Waals surface area contributed by atoms with Crippen LogP contribution in [0.25, 0.3) is 0 Å². The standard InChI is InChI=1S/C21H14F5N3O2/c1-31-19-7-4-14(10-27-19)28-11-29(17-6-3-13(22)9-16(17)23)18-8-12(21(24,25)26)2-5-15(18)20(28)30/h2-10H,11H2,1H3. The Balaban J connectivity index is 1.87. The molecule has 1 amide bonds. The summed E-state index contributed by atoms with van der Waals surface area (Å²) in [6.45, 7) is -0.316. The number of fused-ring (bicyclic) bond motifs is 1. The maximum Gasteiger partial charge on any atom is 0.416 e. The van der Waals surface area contributed by atoms with Gasteiger partial charge >= 0.3 is 6.18 Å². The Hall–Kier alpha value is -3.69. The quantitative estimate of drug-likeness (QED) is 0.535. The normalized spacial score (nSPS) is 13.9. The zero-order valence-electron chi connectivity index (χ0n) is 16.0. The number of anilines is 3. The third kappa shape index (κ3) is 3.76. The zero-order valence-corrected chi connectivity index (χ0v) is 16.0. The van der Waals surface area contributed by atoms with E-state index in [1.165, 1.54) is 35.2 Å². The maximum atomic E-state index is 14.6. The van der Waals surface area contributed by atoms with Gasteiger partial charge in [0.1, 0.15) is 18.3 Å². The number of halogens is 5. The minimum Gasteiger partial charge on any atom is -0.481 e. The van der Waals surface area contributed by atoms with E-state index >= 15 is 0 Å². The fourth-order valence-corrected chi connectivity index (χ4v) is 3.30. The van der Waals surface area contributed by atoms with E-state index in [9.17, 15) is 26.7 Å². The van der Waals surface area contributed by atoms with Gasteiger partial charge in [0.25, 0.3) is 5.91 Å². The Labute approximate surface area is 173 Å². The molecule has 1 aliphatic heterocycles. The first-order chi connectivity index (χ1) is 14.7. The SMILES string of the molecule is COc1ccc(N2CN(c3ccc(F)cc3F)c3cc(C(F)(F)F)ccc3C2=O)cn1. The molecular formula is C21H14F5N3O2. The summed E-state index contributed by atoms with van der Waals surface area (Å²) in [4.78, 5) is 19.5. The predicted molar refractivity (Wildman–Crippen MR) is 102 cm³/mol. The molecule has 0 N–H and O–H groups in total. The van der Waals surface area contributed by atoms with E-state index in [1.54, 1.807) is 0 Å². The van der Waals surface area contributed by atoms with Gasteiger partial charge < -0.3 is 9.64 Å². The van der Waals surface area contributed by atoms with Crippen LogP contribution >= 0.6 is 0 Å². The summed E-state index contributed by atoms with van der Waals surface area (Å²) >= 11 is 0. The van der Waals surface area contributed by atoms with Crippen molar-refractivity contribution in [3.05, 3.63) is 77.5 Å². The van der Waals surface area contributed by atoms with Crippen LogP contribution in [0.1, 0.15) is 15.9 Å². The number of hydrogen-bond donors (Lipinski definition) is 0. The lowest BCUT2D eigenvalue weighted by Crippen LogP contribution is -2.45. The van der Waals surface area contributed by atoms with Crippen LogP contribution in [-0.2, 0) is 6.18 Å². The second kappa shape index (κ2) is 7.53. The second-order valence-corrected chi connectivity index (χ2v) is 6.69. The Morgan fingerprint density at radius 3 is 2.35 bits per heavy atom. The number of alkyl halides is 3. The van der Waals surface area contributed by atoms with Crippen molar-refractivity contribution >= 4 is 23.0 Å². The highest BCUT2D eigenvalue weighted by molar-refractivity contribution is 6.12. The lowest BCUT2D eigenvalue weighted by molar-refractivity contribution is -0.137. The summed E-state index contributed by atoms with van der Waals surface area (Å²) < 4.78 is 72.8. The van der Waals surface area contributed by atoms with Crippen molar-refractivity contribution in [2.24, 2.45) is 0 Å². The van der Waals surface area contributed by atoms with Gasteiger partial charge in [0.15, 0.2) is 0 Å². The summed E-state index contributed by atoms with van der Waals surface area (Å²) in [5, 5.41) is 0. The maximum absolute atomic E-state index is 14.6. The molecule has 0 bridgehead atoms. The Bertz CT molecular complexity index is 1150. The number of amides is 1. The van der Waals surface area contributed by atoms with Crippen molar-refractivity contribution in [1.29, 1.82) is 0 Å². The van der Waals surface area contributed by atoms with Gasteiger partial charge in [-0.15, -0.1) is 0 Å². The average molecular weight is 435 g/mol. The molecule has 160 valence electrons. The number of benzene rings is 2.